The van der Waals surface area contributed by atoms with E-state index in [-0.39, 0.29) is 11.7 Å². The summed E-state index contributed by atoms with van der Waals surface area (Å²) >= 11 is 0. The zero-order valence-corrected chi connectivity index (χ0v) is 6.72. The van der Waals surface area contributed by atoms with Crippen molar-refractivity contribution in [1.82, 2.24) is 0 Å². The molecule has 0 amide bonds. The molecule has 10 heavy (non-hydrogen) atoms. The molecule has 0 aromatic rings. The number of rotatable bonds is 0. The Labute approximate surface area is 61.3 Å². The molecule has 0 bridgehead atoms. The summed E-state index contributed by atoms with van der Waals surface area (Å²) in [7, 11) is 0. The smallest absolute Gasteiger partial charge is 0.168 e. The van der Waals surface area contributed by atoms with Gasteiger partial charge in [-0.2, -0.15) is 0 Å². The van der Waals surface area contributed by atoms with Crippen LogP contribution in [0, 0.1) is 5.41 Å². The highest BCUT2D eigenvalue weighted by atomic mass is 16.8. The van der Waals surface area contributed by atoms with Crippen molar-refractivity contribution in [2.24, 2.45) is 5.41 Å². The Bertz CT molecular complexity index is 99.9. The molecule has 1 aliphatic rings. The van der Waals surface area contributed by atoms with Gasteiger partial charge in [0.05, 0.1) is 0 Å². The molecule has 1 fully saturated rings. The Morgan fingerprint density at radius 2 is 1.60 bits per heavy atom. The molecule has 0 saturated carbocycles. The zero-order chi connectivity index (χ0) is 7.61. The lowest BCUT2D eigenvalue weighted by atomic mass is 9.96. The molecule has 1 saturated heterocycles. The van der Waals surface area contributed by atoms with Gasteiger partial charge in [-0.15, -0.1) is 0 Å². The number of ether oxygens (including phenoxy) is 3. The standard InChI is InChI=1S/C7H14O3/c1-7(2,3)6-9-4-8-5-10-6/h6H,4-5H2,1-3H3. The fraction of sp³-hybridized carbons (Fsp3) is 1.00. The summed E-state index contributed by atoms with van der Waals surface area (Å²) in [6.07, 6.45) is -0.124. The van der Waals surface area contributed by atoms with Crippen LogP contribution in [0.4, 0.5) is 0 Å². The van der Waals surface area contributed by atoms with Crippen molar-refractivity contribution >= 4 is 0 Å². The molecule has 0 N–H and O–H groups in total. The summed E-state index contributed by atoms with van der Waals surface area (Å²) in [5.74, 6) is 0. The van der Waals surface area contributed by atoms with E-state index in [9.17, 15) is 0 Å². The lowest BCUT2D eigenvalue weighted by molar-refractivity contribution is -0.325. The van der Waals surface area contributed by atoms with E-state index in [0.717, 1.165) is 0 Å². The van der Waals surface area contributed by atoms with Gasteiger partial charge in [-0.1, -0.05) is 20.8 Å². The van der Waals surface area contributed by atoms with Gasteiger partial charge in [-0.05, 0) is 0 Å². The highest BCUT2D eigenvalue weighted by molar-refractivity contribution is 4.66. The fourth-order valence-electron chi connectivity index (χ4n) is 0.802. The molecule has 1 aliphatic heterocycles. The third kappa shape index (κ3) is 1.94. The van der Waals surface area contributed by atoms with Crippen molar-refractivity contribution in [2.45, 2.75) is 27.1 Å². The minimum Gasteiger partial charge on any atom is -0.329 e. The van der Waals surface area contributed by atoms with Crippen molar-refractivity contribution in [3.05, 3.63) is 0 Å². The van der Waals surface area contributed by atoms with E-state index in [1.54, 1.807) is 0 Å². The molecule has 0 spiro atoms. The average Bonchev–Trinajstić information content (AvgIpc) is 1.88. The summed E-state index contributed by atoms with van der Waals surface area (Å²) in [6.45, 7) is 6.92. The van der Waals surface area contributed by atoms with Crippen LogP contribution in [0.2, 0.25) is 0 Å². The van der Waals surface area contributed by atoms with Gasteiger partial charge < -0.3 is 14.2 Å². The van der Waals surface area contributed by atoms with Crippen LogP contribution in [0.3, 0.4) is 0 Å². The lowest BCUT2D eigenvalue weighted by Gasteiger charge is -2.32. The largest absolute Gasteiger partial charge is 0.329 e. The Hall–Kier alpha value is -0.120. The van der Waals surface area contributed by atoms with Gasteiger partial charge in [-0.25, -0.2) is 0 Å². The summed E-state index contributed by atoms with van der Waals surface area (Å²) in [5.41, 5.74) is 0.0454. The topological polar surface area (TPSA) is 27.7 Å². The molecule has 0 aromatic heterocycles. The molecule has 0 atom stereocenters. The number of hydrogen-bond acceptors (Lipinski definition) is 3. The summed E-state index contributed by atoms with van der Waals surface area (Å²) in [5, 5.41) is 0. The van der Waals surface area contributed by atoms with E-state index >= 15 is 0 Å². The minimum atomic E-state index is -0.124. The highest BCUT2D eigenvalue weighted by Crippen LogP contribution is 2.24. The van der Waals surface area contributed by atoms with E-state index in [2.05, 4.69) is 20.8 Å². The van der Waals surface area contributed by atoms with Crippen molar-refractivity contribution in [3.8, 4) is 0 Å². The van der Waals surface area contributed by atoms with Gasteiger partial charge in [0.1, 0.15) is 0 Å². The molecule has 0 aromatic carbocycles. The lowest BCUT2D eigenvalue weighted by Crippen LogP contribution is -2.37. The maximum atomic E-state index is 5.20. The van der Waals surface area contributed by atoms with E-state index in [1.807, 2.05) is 0 Å². The van der Waals surface area contributed by atoms with E-state index < -0.39 is 0 Å². The molecule has 0 aliphatic carbocycles. The molecule has 0 unspecified atom stereocenters. The zero-order valence-electron chi connectivity index (χ0n) is 6.72. The van der Waals surface area contributed by atoms with Gasteiger partial charge in [0.2, 0.25) is 0 Å². The first-order valence-electron chi connectivity index (χ1n) is 3.41. The van der Waals surface area contributed by atoms with Crippen LogP contribution in [0.25, 0.3) is 0 Å². The van der Waals surface area contributed by atoms with Crippen LogP contribution in [0.15, 0.2) is 0 Å². The molecule has 60 valence electrons. The monoisotopic (exact) mass is 146 g/mol. The second-order valence-corrected chi connectivity index (χ2v) is 3.47. The van der Waals surface area contributed by atoms with Gasteiger partial charge in [0.15, 0.2) is 19.9 Å². The van der Waals surface area contributed by atoms with Gasteiger partial charge >= 0.3 is 0 Å². The van der Waals surface area contributed by atoms with Crippen LogP contribution in [-0.2, 0) is 14.2 Å². The summed E-state index contributed by atoms with van der Waals surface area (Å²) < 4.78 is 15.2. The normalized spacial score (nSPS) is 23.1. The van der Waals surface area contributed by atoms with Crippen LogP contribution in [0.5, 0.6) is 0 Å². The first-order valence-corrected chi connectivity index (χ1v) is 3.41. The van der Waals surface area contributed by atoms with Crippen molar-refractivity contribution in [1.29, 1.82) is 0 Å². The molecule has 1 rings (SSSR count). The van der Waals surface area contributed by atoms with Gasteiger partial charge in [0, 0.05) is 5.41 Å². The fourth-order valence-corrected chi connectivity index (χ4v) is 0.802. The van der Waals surface area contributed by atoms with Crippen LogP contribution in [0.1, 0.15) is 20.8 Å². The van der Waals surface area contributed by atoms with Crippen molar-refractivity contribution < 1.29 is 14.2 Å². The van der Waals surface area contributed by atoms with Gasteiger partial charge in [-0.3, -0.25) is 0 Å². The second-order valence-electron chi connectivity index (χ2n) is 3.47. The van der Waals surface area contributed by atoms with Gasteiger partial charge in [0.25, 0.3) is 0 Å². The number of hydrogen-bond donors (Lipinski definition) is 0. The molecular weight excluding hydrogens is 132 g/mol. The minimum absolute atomic E-state index is 0.0454. The molecular formula is C7H14O3. The van der Waals surface area contributed by atoms with E-state index in [1.165, 1.54) is 0 Å². The highest BCUT2D eigenvalue weighted by Gasteiger charge is 2.28. The Morgan fingerprint density at radius 3 is 1.90 bits per heavy atom. The maximum absolute atomic E-state index is 5.20. The molecule has 1 heterocycles. The van der Waals surface area contributed by atoms with Crippen LogP contribution >= 0.6 is 0 Å². The quantitative estimate of drug-likeness (QED) is 0.516. The summed E-state index contributed by atoms with van der Waals surface area (Å²) in [6, 6.07) is 0. The van der Waals surface area contributed by atoms with Crippen molar-refractivity contribution in [3.63, 3.8) is 0 Å². The molecule has 0 radical (unpaired) electrons. The maximum Gasteiger partial charge on any atom is 0.168 e. The SMILES string of the molecule is CC(C)(C)C1OCOCO1. The Kier molecular flexibility index (Phi) is 2.28. The Balaban J connectivity index is 2.39. The average molecular weight is 146 g/mol. The van der Waals surface area contributed by atoms with Crippen molar-refractivity contribution in [2.75, 3.05) is 13.6 Å². The molecule has 3 nitrogen and oxygen atoms in total. The predicted octanol–water partition coefficient (Wildman–Crippen LogP) is 1.34. The third-order valence-corrected chi connectivity index (χ3v) is 1.31. The predicted molar refractivity (Wildman–Crippen MR) is 36.2 cm³/mol. The van der Waals surface area contributed by atoms with E-state index in [0.29, 0.717) is 13.6 Å². The molecule has 3 heteroatoms. The second kappa shape index (κ2) is 2.86. The Morgan fingerprint density at radius 1 is 1.10 bits per heavy atom. The van der Waals surface area contributed by atoms with Crippen LogP contribution < -0.4 is 0 Å². The first kappa shape index (κ1) is 7.98. The van der Waals surface area contributed by atoms with Crippen LogP contribution in [-0.4, -0.2) is 19.9 Å². The summed E-state index contributed by atoms with van der Waals surface area (Å²) in [4.78, 5) is 0. The van der Waals surface area contributed by atoms with E-state index in [4.69, 9.17) is 14.2 Å². The first-order chi connectivity index (χ1) is 4.61. The third-order valence-electron chi connectivity index (χ3n) is 1.31.